The summed E-state index contributed by atoms with van der Waals surface area (Å²) in [5, 5.41) is 9.30. The van der Waals surface area contributed by atoms with Crippen molar-refractivity contribution in [3.8, 4) is 0 Å². The van der Waals surface area contributed by atoms with Crippen molar-refractivity contribution in [3.63, 3.8) is 0 Å². The lowest BCUT2D eigenvalue weighted by atomic mass is 9.81. The van der Waals surface area contributed by atoms with E-state index in [1.165, 1.54) is 0 Å². The van der Waals surface area contributed by atoms with Gasteiger partial charge in [0.1, 0.15) is 11.7 Å². The van der Waals surface area contributed by atoms with Gasteiger partial charge in [-0.2, -0.15) is 13.2 Å². The first-order valence-corrected chi connectivity index (χ1v) is 10.4. The summed E-state index contributed by atoms with van der Waals surface area (Å²) >= 11 is 0. The van der Waals surface area contributed by atoms with Crippen LogP contribution in [0.15, 0.2) is 0 Å². The molecule has 0 bridgehead atoms. The lowest BCUT2D eigenvalue weighted by molar-refractivity contribution is -0.255. The van der Waals surface area contributed by atoms with E-state index in [9.17, 15) is 32.7 Å². The molecule has 0 aliphatic heterocycles. The summed E-state index contributed by atoms with van der Waals surface area (Å²) in [5.41, 5.74) is -4.64. The zero-order valence-electron chi connectivity index (χ0n) is 18.8. The average molecular weight is 454 g/mol. The molecule has 1 saturated carbocycles. The second-order valence-electron chi connectivity index (χ2n) is 8.96. The van der Waals surface area contributed by atoms with Gasteiger partial charge >= 0.3 is 24.1 Å². The molecule has 1 N–H and O–H groups in total. The summed E-state index contributed by atoms with van der Waals surface area (Å²) in [6.07, 6.45) is -3.60. The largest absolute Gasteiger partial charge is 0.462 e. The van der Waals surface area contributed by atoms with Crippen LogP contribution in [-0.2, 0) is 28.6 Å². The Kier molecular flexibility index (Phi) is 8.94. The number of carbonyl (C=O) groups excluding carboxylic acids is 3. The van der Waals surface area contributed by atoms with Crippen molar-refractivity contribution in [2.45, 2.75) is 103 Å². The van der Waals surface area contributed by atoms with Crippen LogP contribution in [0.25, 0.3) is 0 Å². The summed E-state index contributed by atoms with van der Waals surface area (Å²) in [6, 6.07) is 0. The maximum Gasteiger partial charge on any atom is 0.417 e. The third-order valence-electron chi connectivity index (χ3n) is 5.98. The molecule has 1 unspecified atom stereocenters. The second kappa shape index (κ2) is 10.2. The molecule has 1 atom stereocenters. The van der Waals surface area contributed by atoms with Crippen molar-refractivity contribution in [3.05, 3.63) is 0 Å². The molecule has 31 heavy (non-hydrogen) atoms. The number of hydrogen-bond acceptors (Lipinski definition) is 7. The Morgan fingerprint density at radius 1 is 1.03 bits per heavy atom. The Morgan fingerprint density at radius 2 is 1.58 bits per heavy atom. The third kappa shape index (κ3) is 7.66. The fraction of sp³-hybridized carbons (Fsp3) is 0.857. The standard InChI is InChI=1S/C21H33F3O7/c1-6-18(3,4)17(27)30-14-8-10-20(7-2,11-9-14)31-16(26)13-29-15(25)12-19(5,28)21(22,23)24/h14,28H,6-13H2,1-5H3. The van der Waals surface area contributed by atoms with Crippen LogP contribution in [0, 0.1) is 5.41 Å². The Bertz CT molecular complexity index is 648. The van der Waals surface area contributed by atoms with Gasteiger partial charge in [-0.15, -0.1) is 0 Å². The minimum absolute atomic E-state index is 0.275. The van der Waals surface area contributed by atoms with E-state index in [1.807, 2.05) is 27.7 Å². The normalized spacial score (nSPS) is 24.1. The minimum atomic E-state index is -5.01. The third-order valence-corrected chi connectivity index (χ3v) is 5.98. The van der Waals surface area contributed by atoms with Gasteiger partial charge in [-0.05, 0) is 59.3 Å². The summed E-state index contributed by atoms with van der Waals surface area (Å²) in [5.74, 6) is -2.52. The SMILES string of the molecule is CCC1(OC(=O)COC(=O)CC(C)(O)C(F)(F)F)CCC(OC(=O)C(C)(C)CC)CC1. The van der Waals surface area contributed by atoms with E-state index in [4.69, 9.17) is 9.47 Å². The van der Waals surface area contributed by atoms with Crippen molar-refractivity contribution in [2.75, 3.05) is 6.61 Å². The Labute approximate surface area is 180 Å². The Hall–Kier alpha value is -1.84. The molecule has 180 valence electrons. The summed E-state index contributed by atoms with van der Waals surface area (Å²) in [7, 11) is 0. The van der Waals surface area contributed by atoms with Gasteiger partial charge in [-0.25, -0.2) is 4.79 Å². The highest BCUT2D eigenvalue weighted by atomic mass is 19.4. The number of alkyl halides is 3. The quantitative estimate of drug-likeness (QED) is 0.417. The molecule has 7 nitrogen and oxygen atoms in total. The van der Waals surface area contributed by atoms with Crippen molar-refractivity contribution < 1.29 is 46.9 Å². The number of aliphatic hydroxyl groups is 1. The lowest BCUT2D eigenvalue weighted by Crippen LogP contribution is -2.44. The molecule has 1 fully saturated rings. The summed E-state index contributed by atoms with van der Waals surface area (Å²) in [4.78, 5) is 35.9. The van der Waals surface area contributed by atoms with Gasteiger partial charge in [0.2, 0.25) is 0 Å². The molecule has 0 amide bonds. The van der Waals surface area contributed by atoms with Gasteiger partial charge in [0.15, 0.2) is 12.2 Å². The first kappa shape index (κ1) is 27.2. The maximum absolute atomic E-state index is 12.6. The number of ether oxygens (including phenoxy) is 3. The van der Waals surface area contributed by atoms with E-state index in [0.717, 1.165) is 0 Å². The zero-order valence-corrected chi connectivity index (χ0v) is 18.8. The number of halogens is 3. The number of rotatable bonds is 9. The highest BCUT2D eigenvalue weighted by molar-refractivity contribution is 5.77. The van der Waals surface area contributed by atoms with Gasteiger partial charge in [0, 0.05) is 0 Å². The van der Waals surface area contributed by atoms with Gasteiger partial charge in [0.25, 0.3) is 0 Å². The number of esters is 3. The van der Waals surface area contributed by atoms with E-state index in [-0.39, 0.29) is 12.1 Å². The molecule has 1 aliphatic carbocycles. The predicted octanol–water partition coefficient (Wildman–Crippen LogP) is 3.85. The average Bonchev–Trinajstić information content (AvgIpc) is 2.66. The molecule has 0 aromatic rings. The molecule has 1 rings (SSSR count). The van der Waals surface area contributed by atoms with E-state index in [0.29, 0.717) is 45.4 Å². The van der Waals surface area contributed by atoms with Crippen molar-refractivity contribution in [1.82, 2.24) is 0 Å². The Morgan fingerprint density at radius 3 is 2.03 bits per heavy atom. The van der Waals surface area contributed by atoms with E-state index < -0.39 is 47.8 Å². The van der Waals surface area contributed by atoms with Crippen LogP contribution in [0.5, 0.6) is 0 Å². The predicted molar refractivity (Wildman–Crippen MR) is 104 cm³/mol. The molecule has 0 aromatic heterocycles. The van der Waals surface area contributed by atoms with Crippen LogP contribution in [-0.4, -0.2) is 53.1 Å². The van der Waals surface area contributed by atoms with Crippen molar-refractivity contribution >= 4 is 17.9 Å². The summed E-state index contributed by atoms with van der Waals surface area (Å²) in [6.45, 7) is 6.95. The smallest absolute Gasteiger partial charge is 0.417 e. The van der Waals surface area contributed by atoms with Crippen molar-refractivity contribution in [2.24, 2.45) is 5.41 Å². The first-order chi connectivity index (χ1) is 14.1. The molecule has 0 aromatic carbocycles. The fourth-order valence-corrected chi connectivity index (χ4v) is 3.06. The molecule has 0 heterocycles. The van der Waals surface area contributed by atoms with E-state index in [1.54, 1.807) is 0 Å². The monoisotopic (exact) mass is 454 g/mol. The molecular formula is C21H33F3O7. The van der Waals surface area contributed by atoms with Gasteiger partial charge in [0.05, 0.1) is 11.8 Å². The first-order valence-electron chi connectivity index (χ1n) is 10.4. The topological polar surface area (TPSA) is 99.1 Å². The van der Waals surface area contributed by atoms with Gasteiger partial charge in [-0.3, -0.25) is 9.59 Å². The maximum atomic E-state index is 12.6. The molecule has 0 spiro atoms. The van der Waals surface area contributed by atoms with Crippen LogP contribution in [0.3, 0.4) is 0 Å². The number of hydrogen-bond donors (Lipinski definition) is 1. The van der Waals surface area contributed by atoms with Gasteiger partial charge in [-0.1, -0.05) is 13.8 Å². The highest BCUT2D eigenvalue weighted by Gasteiger charge is 2.51. The van der Waals surface area contributed by atoms with E-state index >= 15 is 0 Å². The van der Waals surface area contributed by atoms with Crippen LogP contribution >= 0.6 is 0 Å². The second-order valence-corrected chi connectivity index (χ2v) is 8.96. The molecule has 0 radical (unpaired) electrons. The summed E-state index contributed by atoms with van der Waals surface area (Å²) < 4.78 is 53.4. The molecular weight excluding hydrogens is 421 g/mol. The minimum Gasteiger partial charge on any atom is -0.462 e. The van der Waals surface area contributed by atoms with E-state index in [2.05, 4.69) is 4.74 Å². The van der Waals surface area contributed by atoms with Crippen LogP contribution in [0.4, 0.5) is 13.2 Å². The van der Waals surface area contributed by atoms with Crippen LogP contribution < -0.4 is 0 Å². The van der Waals surface area contributed by atoms with Gasteiger partial charge < -0.3 is 19.3 Å². The molecule has 0 saturated heterocycles. The molecule has 1 aliphatic rings. The zero-order chi connectivity index (χ0) is 24.1. The fourth-order valence-electron chi connectivity index (χ4n) is 3.06. The lowest BCUT2D eigenvalue weighted by Gasteiger charge is -2.39. The Balaban J connectivity index is 2.53. The van der Waals surface area contributed by atoms with Crippen molar-refractivity contribution in [1.29, 1.82) is 0 Å². The number of carbonyl (C=O) groups is 3. The van der Waals surface area contributed by atoms with Crippen LogP contribution in [0.1, 0.15) is 79.6 Å². The molecule has 10 heteroatoms. The van der Waals surface area contributed by atoms with Crippen LogP contribution in [0.2, 0.25) is 0 Å². The highest BCUT2D eigenvalue weighted by Crippen LogP contribution is 2.37.